The summed E-state index contributed by atoms with van der Waals surface area (Å²) in [6.07, 6.45) is 0. The number of rotatable bonds is 4. The van der Waals surface area contributed by atoms with E-state index in [-0.39, 0.29) is 11.3 Å². The minimum atomic E-state index is -0.756. The molecule has 1 N–H and O–H groups in total. The van der Waals surface area contributed by atoms with Crippen molar-refractivity contribution in [1.29, 1.82) is 0 Å². The SMILES string of the molecule is COc1ccccc1/C(O)=C1\C(=O)C(=O)N(c2ccc(C)c(C)c2)C1c1ccccc1. The predicted molar refractivity (Wildman–Crippen MR) is 120 cm³/mol. The van der Waals surface area contributed by atoms with E-state index in [1.165, 1.54) is 12.0 Å². The molecule has 0 aromatic heterocycles. The Morgan fingerprint density at radius 3 is 2.26 bits per heavy atom. The van der Waals surface area contributed by atoms with Gasteiger partial charge < -0.3 is 9.84 Å². The molecule has 0 bridgehead atoms. The Labute approximate surface area is 181 Å². The van der Waals surface area contributed by atoms with Crippen LogP contribution in [0.2, 0.25) is 0 Å². The topological polar surface area (TPSA) is 66.8 Å². The molecule has 1 amide bonds. The van der Waals surface area contributed by atoms with Gasteiger partial charge in [0.2, 0.25) is 0 Å². The van der Waals surface area contributed by atoms with Crippen LogP contribution in [0.15, 0.2) is 78.4 Å². The Balaban J connectivity index is 1.97. The summed E-state index contributed by atoms with van der Waals surface area (Å²) in [5.74, 6) is -1.23. The molecule has 1 fully saturated rings. The van der Waals surface area contributed by atoms with Crippen LogP contribution in [0.25, 0.3) is 5.76 Å². The van der Waals surface area contributed by atoms with Gasteiger partial charge in [-0.05, 0) is 54.8 Å². The molecule has 1 heterocycles. The van der Waals surface area contributed by atoms with Crippen molar-refractivity contribution in [3.63, 3.8) is 0 Å². The Morgan fingerprint density at radius 2 is 1.58 bits per heavy atom. The first-order valence-corrected chi connectivity index (χ1v) is 10.0. The molecule has 1 saturated heterocycles. The van der Waals surface area contributed by atoms with E-state index < -0.39 is 17.7 Å². The maximum atomic E-state index is 13.2. The third-order valence-electron chi connectivity index (χ3n) is 5.69. The van der Waals surface area contributed by atoms with E-state index in [1.54, 1.807) is 24.3 Å². The predicted octanol–water partition coefficient (Wildman–Crippen LogP) is 4.94. The van der Waals surface area contributed by atoms with Crippen molar-refractivity contribution in [2.75, 3.05) is 12.0 Å². The van der Waals surface area contributed by atoms with Crippen LogP contribution in [0, 0.1) is 13.8 Å². The normalized spacial score (nSPS) is 17.8. The Hall–Kier alpha value is -3.86. The van der Waals surface area contributed by atoms with Crippen LogP contribution < -0.4 is 9.64 Å². The number of aliphatic hydroxyl groups excluding tert-OH is 1. The van der Waals surface area contributed by atoms with Gasteiger partial charge in [0.25, 0.3) is 11.7 Å². The number of benzene rings is 3. The van der Waals surface area contributed by atoms with E-state index in [4.69, 9.17) is 4.74 Å². The van der Waals surface area contributed by atoms with Crippen molar-refractivity contribution in [2.45, 2.75) is 19.9 Å². The summed E-state index contributed by atoms with van der Waals surface area (Å²) in [7, 11) is 1.49. The van der Waals surface area contributed by atoms with Crippen molar-refractivity contribution in [3.8, 4) is 5.75 Å². The standard InChI is InChI=1S/C26H23NO4/c1-16-13-14-19(15-17(16)2)27-23(18-9-5-4-6-10-18)22(25(29)26(27)30)24(28)20-11-7-8-12-21(20)31-3/h4-15,23,28H,1-3H3/b24-22+. The molecule has 1 unspecified atom stereocenters. The number of ketones is 1. The Kier molecular flexibility index (Phi) is 5.34. The van der Waals surface area contributed by atoms with Gasteiger partial charge in [0.05, 0.1) is 24.3 Å². The summed E-state index contributed by atoms with van der Waals surface area (Å²) in [6.45, 7) is 3.95. The van der Waals surface area contributed by atoms with Gasteiger partial charge in [-0.2, -0.15) is 0 Å². The molecule has 1 aliphatic heterocycles. The quantitative estimate of drug-likeness (QED) is 0.374. The van der Waals surface area contributed by atoms with E-state index >= 15 is 0 Å². The number of para-hydroxylation sites is 1. The van der Waals surface area contributed by atoms with E-state index in [0.717, 1.165) is 16.7 Å². The van der Waals surface area contributed by atoms with Gasteiger partial charge >= 0.3 is 0 Å². The first-order chi connectivity index (χ1) is 14.9. The van der Waals surface area contributed by atoms with Gasteiger partial charge in [0.1, 0.15) is 11.5 Å². The zero-order valence-corrected chi connectivity index (χ0v) is 17.6. The van der Waals surface area contributed by atoms with Gasteiger partial charge in [0, 0.05) is 5.69 Å². The van der Waals surface area contributed by atoms with E-state index in [9.17, 15) is 14.7 Å². The summed E-state index contributed by atoms with van der Waals surface area (Å²) < 4.78 is 5.37. The fourth-order valence-electron chi connectivity index (χ4n) is 3.91. The molecule has 1 aliphatic rings. The summed E-state index contributed by atoms with van der Waals surface area (Å²) >= 11 is 0. The number of carbonyl (C=O) groups is 2. The van der Waals surface area contributed by atoms with E-state index in [0.29, 0.717) is 17.0 Å². The first-order valence-electron chi connectivity index (χ1n) is 10.0. The number of aliphatic hydroxyl groups is 1. The second-order valence-electron chi connectivity index (χ2n) is 7.55. The Morgan fingerprint density at radius 1 is 0.903 bits per heavy atom. The average Bonchev–Trinajstić information content (AvgIpc) is 3.06. The third kappa shape index (κ3) is 3.48. The average molecular weight is 413 g/mol. The van der Waals surface area contributed by atoms with Crippen molar-refractivity contribution in [3.05, 3.63) is 101 Å². The highest BCUT2D eigenvalue weighted by molar-refractivity contribution is 6.51. The third-order valence-corrected chi connectivity index (χ3v) is 5.69. The lowest BCUT2D eigenvalue weighted by Crippen LogP contribution is -2.29. The van der Waals surface area contributed by atoms with Crippen LogP contribution >= 0.6 is 0 Å². The summed E-state index contributed by atoms with van der Waals surface area (Å²) in [5, 5.41) is 11.2. The second kappa shape index (κ2) is 8.11. The van der Waals surface area contributed by atoms with Crippen LogP contribution in [0.4, 0.5) is 5.69 Å². The van der Waals surface area contributed by atoms with Crippen LogP contribution in [-0.4, -0.2) is 23.9 Å². The smallest absolute Gasteiger partial charge is 0.300 e. The minimum absolute atomic E-state index is 0.0407. The molecule has 0 radical (unpaired) electrons. The molecular formula is C26H23NO4. The molecule has 1 atom stereocenters. The number of Topliss-reactive ketones (excluding diaryl/α,β-unsaturated/α-hetero) is 1. The number of anilines is 1. The summed E-state index contributed by atoms with van der Waals surface area (Å²) in [4.78, 5) is 27.8. The van der Waals surface area contributed by atoms with E-state index in [2.05, 4.69) is 0 Å². The van der Waals surface area contributed by atoms with Gasteiger partial charge in [0.15, 0.2) is 0 Å². The molecule has 5 nitrogen and oxygen atoms in total. The number of amides is 1. The molecule has 5 heteroatoms. The number of hydrogen-bond donors (Lipinski definition) is 1. The number of hydrogen-bond acceptors (Lipinski definition) is 4. The highest BCUT2D eigenvalue weighted by Crippen LogP contribution is 2.43. The molecule has 4 rings (SSSR count). The first kappa shape index (κ1) is 20.4. The highest BCUT2D eigenvalue weighted by Gasteiger charge is 2.47. The molecule has 3 aromatic rings. The Bertz CT molecular complexity index is 1200. The van der Waals surface area contributed by atoms with Gasteiger partial charge in [-0.1, -0.05) is 48.5 Å². The van der Waals surface area contributed by atoms with Crippen LogP contribution in [-0.2, 0) is 9.59 Å². The monoisotopic (exact) mass is 413 g/mol. The number of carbonyl (C=O) groups excluding carboxylic acids is 2. The number of ether oxygens (including phenoxy) is 1. The van der Waals surface area contributed by atoms with Gasteiger partial charge in [-0.25, -0.2) is 0 Å². The minimum Gasteiger partial charge on any atom is -0.507 e. The van der Waals surface area contributed by atoms with Crippen molar-refractivity contribution in [1.82, 2.24) is 0 Å². The van der Waals surface area contributed by atoms with Gasteiger partial charge in [-0.3, -0.25) is 14.5 Å². The molecule has 156 valence electrons. The highest BCUT2D eigenvalue weighted by atomic mass is 16.5. The summed E-state index contributed by atoms with van der Waals surface area (Å²) in [5.41, 5.74) is 3.85. The molecule has 0 saturated carbocycles. The number of nitrogens with zero attached hydrogens (tertiary/aromatic N) is 1. The second-order valence-corrected chi connectivity index (χ2v) is 7.55. The molecule has 3 aromatic carbocycles. The lowest BCUT2D eigenvalue weighted by Gasteiger charge is -2.26. The van der Waals surface area contributed by atoms with Crippen LogP contribution in [0.3, 0.4) is 0 Å². The molecule has 31 heavy (non-hydrogen) atoms. The maximum absolute atomic E-state index is 13.2. The lowest BCUT2D eigenvalue weighted by atomic mass is 9.94. The van der Waals surface area contributed by atoms with E-state index in [1.807, 2.05) is 62.4 Å². The summed E-state index contributed by atoms with van der Waals surface area (Å²) in [6, 6.07) is 21.0. The number of aryl methyl sites for hydroxylation is 2. The molecular weight excluding hydrogens is 390 g/mol. The van der Waals surface area contributed by atoms with Crippen molar-refractivity contribution >= 4 is 23.1 Å². The molecule has 0 aliphatic carbocycles. The van der Waals surface area contributed by atoms with Crippen LogP contribution in [0.5, 0.6) is 5.75 Å². The van der Waals surface area contributed by atoms with Crippen molar-refractivity contribution < 1.29 is 19.4 Å². The number of methoxy groups -OCH3 is 1. The van der Waals surface area contributed by atoms with Gasteiger partial charge in [-0.15, -0.1) is 0 Å². The largest absolute Gasteiger partial charge is 0.507 e. The van der Waals surface area contributed by atoms with Crippen molar-refractivity contribution in [2.24, 2.45) is 0 Å². The fraction of sp³-hybridized carbons (Fsp3) is 0.154. The molecule has 0 spiro atoms. The maximum Gasteiger partial charge on any atom is 0.300 e. The van der Waals surface area contributed by atoms with Crippen LogP contribution in [0.1, 0.15) is 28.3 Å². The zero-order valence-electron chi connectivity index (χ0n) is 17.6. The lowest BCUT2D eigenvalue weighted by molar-refractivity contribution is -0.132. The fourth-order valence-corrected chi connectivity index (χ4v) is 3.91. The zero-order chi connectivity index (χ0) is 22.1.